The Balaban J connectivity index is 2.49. The number of alkyl halides is 3. The van der Waals surface area contributed by atoms with Crippen LogP contribution >= 0.6 is 0 Å². The number of nitrogens with zero attached hydrogens (tertiary/aromatic N) is 2. The van der Waals surface area contributed by atoms with Crippen molar-refractivity contribution in [3.63, 3.8) is 0 Å². The van der Waals surface area contributed by atoms with Gasteiger partial charge >= 0.3 is 12.1 Å². The normalized spacial score (nSPS) is 23.6. The zero-order valence-electron chi connectivity index (χ0n) is 10.7. The fourth-order valence-corrected chi connectivity index (χ4v) is 2.12. The van der Waals surface area contributed by atoms with Crippen LogP contribution in [0.2, 0.25) is 0 Å². The van der Waals surface area contributed by atoms with E-state index in [1.54, 1.807) is 6.92 Å². The molecule has 0 saturated carbocycles. The molecule has 0 amide bonds. The van der Waals surface area contributed by atoms with Gasteiger partial charge in [0.2, 0.25) is 0 Å². The fraction of sp³-hybridized carbons (Fsp3) is 0.583. The second kappa shape index (κ2) is 5.01. The summed E-state index contributed by atoms with van der Waals surface area (Å²) < 4.78 is 44.1. The van der Waals surface area contributed by atoms with Crippen LogP contribution in [0.25, 0.3) is 0 Å². The highest BCUT2D eigenvalue weighted by atomic mass is 19.4. The van der Waals surface area contributed by atoms with E-state index >= 15 is 0 Å². The summed E-state index contributed by atoms with van der Waals surface area (Å²) in [5.74, 6) is -1.84. The van der Waals surface area contributed by atoms with Crippen LogP contribution in [0.4, 0.5) is 13.2 Å². The minimum absolute atomic E-state index is 0.130. The van der Waals surface area contributed by atoms with E-state index in [0.717, 1.165) is 12.8 Å². The lowest BCUT2D eigenvalue weighted by atomic mass is 9.95. The predicted octanol–water partition coefficient (Wildman–Crippen LogP) is 2.61. The van der Waals surface area contributed by atoms with Gasteiger partial charge in [-0.3, -0.25) is 0 Å². The topological polar surface area (TPSA) is 72.3 Å². The van der Waals surface area contributed by atoms with Crippen LogP contribution < -0.4 is 0 Å². The smallest absolute Gasteiger partial charge is 0.434 e. The Bertz CT molecular complexity index is 525. The average molecular weight is 290 g/mol. The maximum atomic E-state index is 12.9. The highest BCUT2D eigenvalue weighted by molar-refractivity contribution is 5.88. The van der Waals surface area contributed by atoms with E-state index < -0.39 is 29.0 Å². The van der Waals surface area contributed by atoms with Gasteiger partial charge in [0.15, 0.2) is 11.5 Å². The number of carboxylic acids is 1. The first kappa shape index (κ1) is 14.7. The fourth-order valence-electron chi connectivity index (χ4n) is 2.12. The maximum absolute atomic E-state index is 12.9. The number of carboxylic acid groups (broad SMARTS) is 1. The molecule has 0 spiro atoms. The second-order valence-corrected chi connectivity index (χ2v) is 4.80. The van der Waals surface area contributed by atoms with Crippen molar-refractivity contribution in [3.05, 3.63) is 23.3 Å². The molecule has 1 N–H and O–H groups in total. The Morgan fingerprint density at radius 1 is 1.45 bits per heavy atom. The maximum Gasteiger partial charge on any atom is 0.434 e. The summed E-state index contributed by atoms with van der Waals surface area (Å²) >= 11 is 0. The van der Waals surface area contributed by atoms with Crippen molar-refractivity contribution >= 4 is 5.97 Å². The van der Waals surface area contributed by atoms with E-state index in [2.05, 4.69) is 9.97 Å². The third kappa shape index (κ3) is 2.74. The van der Waals surface area contributed by atoms with Crippen molar-refractivity contribution in [2.24, 2.45) is 0 Å². The molecule has 1 saturated heterocycles. The molecule has 8 heteroatoms. The van der Waals surface area contributed by atoms with E-state index in [0.29, 0.717) is 19.2 Å². The molecule has 0 aliphatic carbocycles. The summed E-state index contributed by atoms with van der Waals surface area (Å²) in [7, 11) is 0. The summed E-state index contributed by atoms with van der Waals surface area (Å²) in [6, 6.07) is 0. The van der Waals surface area contributed by atoms with Gasteiger partial charge in [0, 0.05) is 12.8 Å². The summed E-state index contributed by atoms with van der Waals surface area (Å²) in [5.41, 5.74) is -3.40. The van der Waals surface area contributed by atoms with Crippen LogP contribution in [0.5, 0.6) is 0 Å². The molecular weight excluding hydrogens is 277 g/mol. The zero-order valence-corrected chi connectivity index (χ0v) is 10.7. The van der Waals surface area contributed by atoms with Crippen molar-refractivity contribution in [3.8, 4) is 0 Å². The van der Waals surface area contributed by atoms with Crippen molar-refractivity contribution in [1.82, 2.24) is 9.97 Å². The van der Waals surface area contributed by atoms with Crippen LogP contribution in [-0.4, -0.2) is 27.7 Å². The van der Waals surface area contributed by atoms with Crippen molar-refractivity contribution in [1.29, 1.82) is 0 Å². The molecular formula is C12H13F3N2O3. The molecule has 20 heavy (non-hydrogen) atoms. The van der Waals surface area contributed by atoms with Gasteiger partial charge in [-0.25, -0.2) is 14.8 Å². The largest absolute Gasteiger partial charge is 0.478 e. The summed E-state index contributed by atoms with van der Waals surface area (Å²) in [5, 5.41) is 8.78. The number of hydrogen-bond donors (Lipinski definition) is 1. The predicted molar refractivity (Wildman–Crippen MR) is 61.1 cm³/mol. The number of aromatic nitrogens is 2. The third-order valence-corrected chi connectivity index (χ3v) is 3.23. The number of halogens is 3. The minimum atomic E-state index is -4.85. The monoisotopic (exact) mass is 290 g/mol. The Morgan fingerprint density at radius 2 is 2.15 bits per heavy atom. The average Bonchev–Trinajstić information content (AvgIpc) is 2.38. The van der Waals surface area contributed by atoms with Crippen LogP contribution in [0.15, 0.2) is 6.20 Å². The molecule has 1 unspecified atom stereocenters. The minimum Gasteiger partial charge on any atom is -0.478 e. The van der Waals surface area contributed by atoms with E-state index in [9.17, 15) is 18.0 Å². The molecule has 1 aliphatic heterocycles. The molecule has 1 aromatic heterocycles. The number of hydrogen-bond acceptors (Lipinski definition) is 4. The molecule has 0 radical (unpaired) electrons. The van der Waals surface area contributed by atoms with Gasteiger partial charge in [-0.2, -0.15) is 13.2 Å². The van der Waals surface area contributed by atoms with E-state index in [-0.39, 0.29) is 5.82 Å². The molecule has 2 rings (SSSR count). The zero-order chi connectivity index (χ0) is 15.0. The van der Waals surface area contributed by atoms with Crippen LogP contribution in [0.1, 0.15) is 48.1 Å². The van der Waals surface area contributed by atoms with Crippen molar-refractivity contribution < 1.29 is 27.8 Å². The molecule has 1 atom stereocenters. The first-order valence-corrected chi connectivity index (χ1v) is 6.06. The van der Waals surface area contributed by atoms with Crippen molar-refractivity contribution in [2.45, 2.75) is 38.0 Å². The van der Waals surface area contributed by atoms with Crippen molar-refractivity contribution in [2.75, 3.05) is 6.61 Å². The molecule has 1 aromatic rings. The van der Waals surface area contributed by atoms with Gasteiger partial charge in [0.05, 0.1) is 0 Å². The first-order valence-electron chi connectivity index (χ1n) is 6.06. The van der Waals surface area contributed by atoms with Gasteiger partial charge in [-0.1, -0.05) is 0 Å². The summed E-state index contributed by atoms with van der Waals surface area (Å²) in [6.07, 6.45) is -2.04. The lowest BCUT2D eigenvalue weighted by molar-refractivity contribution is -0.142. The third-order valence-electron chi connectivity index (χ3n) is 3.23. The summed E-state index contributed by atoms with van der Waals surface area (Å²) in [4.78, 5) is 18.0. The molecule has 0 bridgehead atoms. The molecule has 5 nitrogen and oxygen atoms in total. The molecule has 0 aromatic carbocycles. The Labute approximate surface area is 112 Å². The van der Waals surface area contributed by atoms with Crippen LogP contribution in [-0.2, 0) is 16.5 Å². The Kier molecular flexibility index (Phi) is 3.68. The Hall–Kier alpha value is -1.70. The van der Waals surface area contributed by atoms with Gasteiger partial charge in [0.25, 0.3) is 0 Å². The SMILES string of the molecule is CC1(c2ncc(C(=O)O)c(C(F)(F)F)n2)CCCCO1. The molecule has 1 fully saturated rings. The number of carbonyl (C=O) groups is 1. The first-order chi connectivity index (χ1) is 9.24. The summed E-state index contributed by atoms with van der Waals surface area (Å²) in [6.45, 7) is 2.03. The lowest BCUT2D eigenvalue weighted by Gasteiger charge is -2.32. The molecule has 110 valence electrons. The van der Waals surface area contributed by atoms with E-state index in [1.165, 1.54) is 0 Å². The van der Waals surface area contributed by atoms with Crippen LogP contribution in [0.3, 0.4) is 0 Å². The Morgan fingerprint density at radius 3 is 2.65 bits per heavy atom. The quantitative estimate of drug-likeness (QED) is 0.906. The number of aromatic carboxylic acids is 1. The number of rotatable bonds is 2. The standard InChI is InChI=1S/C12H13F3N2O3/c1-11(4-2-3-5-20-11)10-16-6-7(9(18)19)8(17-10)12(13,14)15/h6H,2-5H2,1H3,(H,18,19). The van der Waals surface area contributed by atoms with Gasteiger partial charge in [-0.05, 0) is 26.2 Å². The van der Waals surface area contributed by atoms with Gasteiger partial charge < -0.3 is 9.84 Å². The van der Waals surface area contributed by atoms with Gasteiger partial charge in [0.1, 0.15) is 11.2 Å². The molecule has 2 heterocycles. The van der Waals surface area contributed by atoms with Gasteiger partial charge in [-0.15, -0.1) is 0 Å². The van der Waals surface area contributed by atoms with Crippen LogP contribution in [0, 0.1) is 0 Å². The lowest BCUT2D eigenvalue weighted by Crippen LogP contribution is -2.33. The highest BCUT2D eigenvalue weighted by Gasteiger charge is 2.41. The highest BCUT2D eigenvalue weighted by Crippen LogP contribution is 2.35. The second-order valence-electron chi connectivity index (χ2n) is 4.80. The van der Waals surface area contributed by atoms with E-state index in [4.69, 9.17) is 9.84 Å². The molecule has 1 aliphatic rings. The number of ether oxygens (including phenoxy) is 1. The van der Waals surface area contributed by atoms with E-state index in [1.807, 2.05) is 0 Å².